The lowest BCUT2D eigenvalue weighted by Crippen LogP contribution is -2.17. The molecule has 3 nitrogen and oxygen atoms in total. The van der Waals surface area contributed by atoms with Gasteiger partial charge in [0.25, 0.3) is 0 Å². The van der Waals surface area contributed by atoms with E-state index in [0.29, 0.717) is 11.6 Å². The second-order valence-corrected chi connectivity index (χ2v) is 4.57. The highest BCUT2D eigenvalue weighted by molar-refractivity contribution is 9.10. The summed E-state index contributed by atoms with van der Waals surface area (Å²) in [6.07, 6.45) is 0.146. The topological polar surface area (TPSA) is 52.3 Å². The Hall–Kier alpha value is -0.290. The zero-order valence-corrected chi connectivity index (χ0v) is 12.4. The zero-order valence-electron chi connectivity index (χ0n) is 9.28. The van der Waals surface area contributed by atoms with Crippen LogP contribution in [-0.4, -0.2) is 12.6 Å². The molecule has 96 valence electrons. The molecular formula is C11H14BrCl2NO2. The molecule has 0 aromatic heterocycles. The molecular weight excluding hydrogens is 329 g/mol. The van der Waals surface area contributed by atoms with Crippen LogP contribution in [0.1, 0.15) is 24.9 Å². The van der Waals surface area contributed by atoms with Gasteiger partial charge in [-0.25, -0.2) is 0 Å². The van der Waals surface area contributed by atoms with Crippen molar-refractivity contribution >= 4 is 45.9 Å². The monoisotopic (exact) mass is 341 g/mol. The minimum absolute atomic E-state index is 0. The lowest BCUT2D eigenvalue weighted by molar-refractivity contribution is -0.143. The highest BCUT2D eigenvalue weighted by atomic mass is 79.9. The van der Waals surface area contributed by atoms with Crippen LogP contribution in [0, 0.1) is 0 Å². The molecule has 6 heteroatoms. The fraction of sp³-hybridized carbons (Fsp3) is 0.364. The van der Waals surface area contributed by atoms with E-state index in [9.17, 15) is 4.79 Å². The predicted molar refractivity (Wildman–Crippen MR) is 74.6 cm³/mol. The fourth-order valence-electron chi connectivity index (χ4n) is 1.31. The van der Waals surface area contributed by atoms with E-state index in [0.717, 1.165) is 10.0 Å². The molecule has 0 radical (unpaired) electrons. The van der Waals surface area contributed by atoms with Crippen LogP contribution in [-0.2, 0) is 9.53 Å². The van der Waals surface area contributed by atoms with E-state index in [2.05, 4.69) is 15.9 Å². The first kappa shape index (κ1) is 16.7. The predicted octanol–water partition coefficient (Wildman–Crippen LogP) is 3.48. The van der Waals surface area contributed by atoms with Crippen LogP contribution in [0.4, 0.5) is 0 Å². The summed E-state index contributed by atoms with van der Waals surface area (Å²) in [6, 6.07) is 4.90. The number of halogens is 3. The van der Waals surface area contributed by atoms with Crippen molar-refractivity contribution in [1.82, 2.24) is 0 Å². The van der Waals surface area contributed by atoms with Gasteiger partial charge in [0, 0.05) is 15.5 Å². The van der Waals surface area contributed by atoms with E-state index < -0.39 is 6.04 Å². The van der Waals surface area contributed by atoms with Gasteiger partial charge in [0.15, 0.2) is 0 Å². The number of hydrogen-bond donors (Lipinski definition) is 1. The Morgan fingerprint density at radius 2 is 2.24 bits per heavy atom. The summed E-state index contributed by atoms with van der Waals surface area (Å²) < 4.78 is 5.68. The van der Waals surface area contributed by atoms with Gasteiger partial charge >= 0.3 is 5.97 Å². The number of carbonyl (C=O) groups is 1. The van der Waals surface area contributed by atoms with Crippen molar-refractivity contribution in [2.45, 2.75) is 19.4 Å². The minimum Gasteiger partial charge on any atom is -0.466 e. The average Bonchev–Trinajstić information content (AvgIpc) is 2.21. The number of ether oxygens (including phenoxy) is 1. The van der Waals surface area contributed by atoms with Gasteiger partial charge in [0.1, 0.15) is 0 Å². The molecule has 1 aromatic carbocycles. The minimum atomic E-state index is -0.410. The van der Waals surface area contributed by atoms with Crippen molar-refractivity contribution in [2.24, 2.45) is 5.73 Å². The van der Waals surface area contributed by atoms with Crippen LogP contribution in [0.25, 0.3) is 0 Å². The summed E-state index contributed by atoms with van der Waals surface area (Å²) in [5.41, 5.74) is 6.71. The van der Waals surface area contributed by atoms with E-state index >= 15 is 0 Å². The largest absolute Gasteiger partial charge is 0.466 e. The van der Waals surface area contributed by atoms with Crippen LogP contribution in [0.5, 0.6) is 0 Å². The zero-order chi connectivity index (χ0) is 12.1. The smallest absolute Gasteiger partial charge is 0.307 e. The van der Waals surface area contributed by atoms with Crippen LogP contribution >= 0.6 is 39.9 Å². The standard InChI is InChI=1S/C11H13BrClNO2.ClH/c1-2-16-11(15)6-10(14)8-5-7(13)3-4-9(8)12;/h3-5,10H,2,6,14H2,1H3;1H/t10-;/m0./s1. The highest BCUT2D eigenvalue weighted by Crippen LogP contribution is 2.27. The maximum atomic E-state index is 11.3. The molecule has 0 heterocycles. The van der Waals surface area contributed by atoms with Gasteiger partial charge in [-0.1, -0.05) is 27.5 Å². The van der Waals surface area contributed by atoms with Gasteiger partial charge in [-0.15, -0.1) is 12.4 Å². The van der Waals surface area contributed by atoms with Crippen LogP contribution < -0.4 is 5.73 Å². The molecule has 0 amide bonds. The van der Waals surface area contributed by atoms with E-state index in [1.807, 2.05) is 6.07 Å². The molecule has 2 N–H and O–H groups in total. The molecule has 1 aromatic rings. The second-order valence-electron chi connectivity index (χ2n) is 3.28. The number of rotatable bonds is 4. The maximum absolute atomic E-state index is 11.3. The maximum Gasteiger partial charge on any atom is 0.307 e. The summed E-state index contributed by atoms with van der Waals surface area (Å²) in [4.78, 5) is 11.3. The fourth-order valence-corrected chi connectivity index (χ4v) is 2.03. The van der Waals surface area contributed by atoms with Gasteiger partial charge in [-0.2, -0.15) is 0 Å². The Morgan fingerprint density at radius 3 is 2.82 bits per heavy atom. The van der Waals surface area contributed by atoms with Crippen molar-refractivity contribution in [3.8, 4) is 0 Å². The lowest BCUT2D eigenvalue weighted by atomic mass is 10.1. The third kappa shape index (κ3) is 5.25. The molecule has 1 atom stereocenters. The molecule has 0 aliphatic carbocycles. The Balaban J connectivity index is 0.00000256. The third-order valence-corrected chi connectivity index (χ3v) is 3.01. The molecule has 0 saturated carbocycles. The van der Waals surface area contributed by atoms with Crippen molar-refractivity contribution in [2.75, 3.05) is 6.61 Å². The van der Waals surface area contributed by atoms with Crippen molar-refractivity contribution < 1.29 is 9.53 Å². The van der Waals surface area contributed by atoms with Crippen LogP contribution in [0.15, 0.2) is 22.7 Å². The first-order valence-corrected chi connectivity index (χ1v) is 6.07. The summed E-state index contributed by atoms with van der Waals surface area (Å²) >= 11 is 9.24. The Labute approximate surface area is 120 Å². The molecule has 0 spiro atoms. The number of carbonyl (C=O) groups excluding carboxylic acids is 1. The summed E-state index contributed by atoms with van der Waals surface area (Å²) in [5, 5.41) is 0.595. The number of nitrogens with two attached hydrogens (primary N) is 1. The quantitative estimate of drug-likeness (QED) is 0.852. The lowest BCUT2D eigenvalue weighted by Gasteiger charge is -2.13. The average molecular weight is 343 g/mol. The van der Waals surface area contributed by atoms with E-state index in [1.54, 1.807) is 19.1 Å². The van der Waals surface area contributed by atoms with Crippen LogP contribution in [0.2, 0.25) is 5.02 Å². The Bertz CT molecular complexity index is 388. The Morgan fingerprint density at radius 1 is 1.59 bits per heavy atom. The first-order chi connectivity index (χ1) is 7.54. The third-order valence-electron chi connectivity index (χ3n) is 2.05. The molecule has 0 unspecified atom stereocenters. The molecule has 17 heavy (non-hydrogen) atoms. The van der Waals surface area contributed by atoms with Gasteiger partial charge in [-0.3, -0.25) is 4.79 Å². The van der Waals surface area contributed by atoms with E-state index in [-0.39, 0.29) is 24.8 Å². The van der Waals surface area contributed by atoms with Crippen molar-refractivity contribution in [3.05, 3.63) is 33.3 Å². The second kappa shape index (κ2) is 7.93. The van der Waals surface area contributed by atoms with Crippen LogP contribution in [0.3, 0.4) is 0 Å². The molecule has 0 bridgehead atoms. The molecule has 1 rings (SSSR count). The summed E-state index contributed by atoms with van der Waals surface area (Å²) in [5.74, 6) is -0.304. The van der Waals surface area contributed by atoms with Gasteiger partial charge in [-0.05, 0) is 30.7 Å². The molecule has 0 aliphatic heterocycles. The molecule has 0 fully saturated rings. The van der Waals surface area contributed by atoms with Crippen molar-refractivity contribution in [1.29, 1.82) is 0 Å². The SMILES string of the molecule is CCOC(=O)C[C@H](N)c1cc(Cl)ccc1Br.Cl. The number of benzene rings is 1. The van der Waals surface area contributed by atoms with Gasteiger partial charge in [0.2, 0.25) is 0 Å². The first-order valence-electron chi connectivity index (χ1n) is 4.90. The molecule has 0 aliphatic rings. The summed E-state index contributed by atoms with van der Waals surface area (Å²) in [6.45, 7) is 2.13. The Kier molecular flexibility index (Phi) is 7.79. The highest BCUT2D eigenvalue weighted by Gasteiger charge is 2.15. The van der Waals surface area contributed by atoms with E-state index in [1.165, 1.54) is 0 Å². The van der Waals surface area contributed by atoms with Gasteiger partial charge < -0.3 is 10.5 Å². The van der Waals surface area contributed by atoms with Gasteiger partial charge in [0.05, 0.1) is 13.0 Å². The number of hydrogen-bond acceptors (Lipinski definition) is 3. The normalized spacial score (nSPS) is 11.5. The molecule has 0 saturated heterocycles. The van der Waals surface area contributed by atoms with E-state index in [4.69, 9.17) is 22.1 Å². The van der Waals surface area contributed by atoms with Crippen molar-refractivity contribution in [3.63, 3.8) is 0 Å². The number of esters is 1. The summed E-state index contributed by atoms with van der Waals surface area (Å²) in [7, 11) is 0.